The monoisotopic (exact) mass is 498 g/mol. The summed E-state index contributed by atoms with van der Waals surface area (Å²) in [5.41, 5.74) is 5.05. The van der Waals surface area contributed by atoms with Crippen LogP contribution in [-0.4, -0.2) is 51.0 Å². The van der Waals surface area contributed by atoms with E-state index < -0.39 is 0 Å². The van der Waals surface area contributed by atoms with E-state index in [0.717, 1.165) is 43.3 Å². The number of hydrogen-bond acceptors (Lipinski definition) is 7. The van der Waals surface area contributed by atoms with E-state index in [9.17, 15) is 4.79 Å². The molecule has 0 aliphatic carbocycles. The lowest BCUT2D eigenvalue weighted by atomic mass is 9.96. The van der Waals surface area contributed by atoms with E-state index in [1.807, 2.05) is 19.9 Å². The maximum Gasteiger partial charge on any atom is 0.252 e. The fourth-order valence-corrected chi connectivity index (χ4v) is 5.53. The Morgan fingerprint density at radius 3 is 2.00 bits per heavy atom. The summed E-state index contributed by atoms with van der Waals surface area (Å²) in [5.74, 6) is 1.18. The topological polar surface area (TPSA) is 78.0 Å². The van der Waals surface area contributed by atoms with Crippen LogP contribution < -0.4 is 10.5 Å². The lowest BCUT2D eigenvalue weighted by Crippen LogP contribution is -2.48. The first-order valence-corrected chi connectivity index (χ1v) is 13.2. The van der Waals surface area contributed by atoms with Crippen LogP contribution in [0.2, 0.25) is 0 Å². The Morgan fingerprint density at radius 1 is 0.833 bits per heavy atom. The lowest BCUT2D eigenvalue weighted by molar-refractivity contribution is 0.211. The van der Waals surface area contributed by atoms with Gasteiger partial charge >= 0.3 is 0 Å². The summed E-state index contributed by atoms with van der Waals surface area (Å²) >= 11 is 1.50. The molecule has 1 saturated heterocycles. The largest absolute Gasteiger partial charge is 0.340 e. The Morgan fingerprint density at radius 2 is 1.42 bits per heavy atom. The van der Waals surface area contributed by atoms with Gasteiger partial charge in [0.2, 0.25) is 5.95 Å². The smallest absolute Gasteiger partial charge is 0.252 e. The number of aromatic nitrogens is 4. The molecule has 0 spiro atoms. The van der Waals surface area contributed by atoms with E-state index in [4.69, 9.17) is 4.98 Å². The third kappa shape index (κ3) is 5.83. The molecule has 1 aliphatic heterocycles. The van der Waals surface area contributed by atoms with Crippen LogP contribution >= 0.6 is 11.8 Å². The highest BCUT2D eigenvalue weighted by Crippen LogP contribution is 2.30. The minimum atomic E-state index is -0.134. The van der Waals surface area contributed by atoms with Crippen molar-refractivity contribution in [1.82, 2.24) is 24.8 Å². The van der Waals surface area contributed by atoms with Gasteiger partial charge in [-0.05, 0) is 31.0 Å². The quantitative estimate of drug-likeness (QED) is 0.299. The zero-order valence-corrected chi connectivity index (χ0v) is 21.4. The van der Waals surface area contributed by atoms with Crippen molar-refractivity contribution in [2.24, 2.45) is 0 Å². The van der Waals surface area contributed by atoms with Gasteiger partial charge in [-0.2, -0.15) is 0 Å². The molecule has 3 heterocycles. The molecule has 1 aliphatic rings. The van der Waals surface area contributed by atoms with Gasteiger partial charge < -0.3 is 4.90 Å². The molecule has 0 saturated carbocycles. The summed E-state index contributed by atoms with van der Waals surface area (Å²) in [5, 5.41) is 0.706. The van der Waals surface area contributed by atoms with E-state index in [2.05, 4.69) is 85.4 Å². The maximum atomic E-state index is 12.4. The first kappa shape index (κ1) is 24.2. The molecule has 1 fully saturated rings. The molecule has 0 amide bonds. The van der Waals surface area contributed by atoms with Crippen molar-refractivity contribution < 1.29 is 0 Å². The minimum Gasteiger partial charge on any atom is -0.340 e. The maximum absolute atomic E-state index is 12.4. The number of aromatic amines is 1. The Hall–Kier alpha value is -3.49. The molecule has 1 N–H and O–H groups in total. The van der Waals surface area contributed by atoms with Gasteiger partial charge in [0, 0.05) is 49.4 Å². The number of piperazine rings is 1. The third-order valence-corrected chi connectivity index (χ3v) is 7.18. The van der Waals surface area contributed by atoms with E-state index in [1.54, 1.807) is 6.07 Å². The van der Waals surface area contributed by atoms with Crippen LogP contribution in [-0.2, 0) is 5.75 Å². The number of benzene rings is 2. The summed E-state index contributed by atoms with van der Waals surface area (Å²) in [6.45, 7) is 7.23. The van der Waals surface area contributed by atoms with Crippen molar-refractivity contribution in [3.8, 4) is 0 Å². The number of hydrogen-bond donors (Lipinski definition) is 1. The number of nitrogens with zero attached hydrogens (tertiary/aromatic N) is 5. The Kier molecular flexibility index (Phi) is 7.44. The van der Waals surface area contributed by atoms with E-state index >= 15 is 0 Å². The average molecular weight is 499 g/mol. The van der Waals surface area contributed by atoms with Gasteiger partial charge in [0.25, 0.3) is 5.56 Å². The van der Waals surface area contributed by atoms with Gasteiger partial charge in [-0.15, -0.1) is 0 Å². The molecule has 5 rings (SSSR count). The molecule has 0 radical (unpaired) electrons. The van der Waals surface area contributed by atoms with Gasteiger partial charge in [-0.1, -0.05) is 72.4 Å². The standard InChI is InChI=1S/C28H30N6OS/c1-20-17-21(2)30-28(29-20)36-19-24-18-25(35)32-27(31-24)34-15-13-33(14-16-34)26(22-9-5-3-6-10-22)23-11-7-4-8-12-23/h3-12,17-18,26H,13-16,19H2,1-2H3,(H,31,32,35). The fourth-order valence-electron chi connectivity index (χ4n) is 4.69. The van der Waals surface area contributed by atoms with Crippen molar-refractivity contribution in [3.63, 3.8) is 0 Å². The van der Waals surface area contributed by atoms with Crippen LogP contribution in [0.15, 0.2) is 82.7 Å². The molecular weight excluding hydrogens is 468 g/mol. The fraction of sp³-hybridized carbons (Fsp3) is 0.286. The molecule has 7 nitrogen and oxygen atoms in total. The SMILES string of the molecule is Cc1cc(C)nc(SCc2cc(=O)[nH]c(N3CCN(C(c4ccccc4)c4ccccc4)CC3)n2)n1. The van der Waals surface area contributed by atoms with Gasteiger partial charge in [-0.3, -0.25) is 14.7 Å². The summed E-state index contributed by atoms with van der Waals surface area (Å²) < 4.78 is 0. The molecule has 184 valence electrons. The van der Waals surface area contributed by atoms with Crippen LogP contribution in [0.4, 0.5) is 5.95 Å². The Balaban J connectivity index is 1.29. The van der Waals surface area contributed by atoms with Crippen molar-refractivity contribution >= 4 is 17.7 Å². The zero-order valence-electron chi connectivity index (χ0n) is 20.6. The molecule has 2 aromatic carbocycles. The molecule has 0 atom stereocenters. The van der Waals surface area contributed by atoms with Crippen LogP contribution in [0.25, 0.3) is 0 Å². The average Bonchev–Trinajstić information content (AvgIpc) is 2.89. The first-order valence-electron chi connectivity index (χ1n) is 12.2. The Bertz CT molecular complexity index is 1290. The predicted octanol–water partition coefficient (Wildman–Crippen LogP) is 4.38. The number of rotatable bonds is 7. The van der Waals surface area contributed by atoms with Crippen molar-refractivity contribution in [3.05, 3.63) is 111 Å². The lowest BCUT2D eigenvalue weighted by Gasteiger charge is -2.40. The molecule has 2 aromatic heterocycles. The van der Waals surface area contributed by atoms with Crippen LogP contribution in [0.1, 0.15) is 34.3 Å². The number of aryl methyl sites for hydroxylation is 2. The van der Waals surface area contributed by atoms with Crippen LogP contribution in [0.3, 0.4) is 0 Å². The van der Waals surface area contributed by atoms with Crippen molar-refractivity contribution in [1.29, 1.82) is 0 Å². The highest BCUT2D eigenvalue weighted by molar-refractivity contribution is 7.98. The Labute approximate surface area is 215 Å². The molecular formula is C28H30N6OS. The van der Waals surface area contributed by atoms with E-state index in [1.165, 1.54) is 22.9 Å². The molecule has 8 heteroatoms. The summed E-state index contributed by atoms with van der Waals surface area (Å²) in [6, 6.07) is 25.0. The highest BCUT2D eigenvalue weighted by Gasteiger charge is 2.27. The predicted molar refractivity (Wildman–Crippen MR) is 144 cm³/mol. The zero-order chi connectivity index (χ0) is 24.9. The van der Waals surface area contributed by atoms with E-state index in [-0.39, 0.29) is 11.6 Å². The van der Waals surface area contributed by atoms with Gasteiger partial charge in [0.1, 0.15) is 0 Å². The second kappa shape index (κ2) is 11.1. The highest BCUT2D eigenvalue weighted by atomic mass is 32.2. The van der Waals surface area contributed by atoms with Gasteiger partial charge in [0.05, 0.1) is 11.7 Å². The number of anilines is 1. The van der Waals surface area contributed by atoms with E-state index in [0.29, 0.717) is 16.9 Å². The number of thioether (sulfide) groups is 1. The van der Waals surface area contributed by atoms with Crippen LogP contribution in [0, 0.1) is 13.8 Å². The van der Waals surface area contributed by atoms with Crippen molar-refractivity contribution in [2.45, 2.75) is 30.8 Å². The summed E-state index contributed by atoms with van der Waals surface area (Å²) in [7, 11) is 0. The summed E-state index contributed by atoms with van der Waals surface area (Å²) in [6.07, 6.45) is 0. The van der Waals surface area contributed by atoms with Gasteiger partial charge in [0.15, 0.2) is 5.16 Å². The molecule has 0 bridgehead atoms. The molecule has 4 aromatic rings. The number of H-pyrrole nitrogens is 1. The second-order valence-corrected chi connectivity index (χ2v) is 9.97. The first-order chi connectivity index (χ1) is 17.5. The third-order valence-electron chi connectivity index (χ3n) is 6.30. The number of nitrogens with one attached hydrogen (secondary N) is 1. The minimum absolute atomic E-state index is 0.134. The van der Waals surface area contributed by atoms with Crippen molar-refractivity contribution in [2.75, 3.05) is 31.1 Å². The second-order valence-electron chi connectivity index (χ2n) is 9.03. The molecule has 36 heavy (non-hydrogen) atoms. The summed E-state index contributed by atoms with van der Waals surface area (Å²) in [4.78, 5) is 33.8. The molecule has 0 unspecified atom stereocenters. The van der Waals surface area contributed by atoms with Gasteiger partial charge in [-0.25, -0.2) is 15.0 Å². The normalized spacial score (nSPS) is 14.4. The van der Waals surface area contributed by atoms with Crippen LogP contribution in [0.5, 0.6) is 0 Å².